The number of benzene rings is 2. The summed E-state index contributed by atoms with van der Waals surface area (Å²) in [7, 11) is 0. The van der Waals surface area contributed by atoms with Crippen molar-refractivity contribution in [2.24, 2.45) is 0 Å². The summed E-state index contributed by atoms with van der Waals surface area (Å²) < 4.78 is 34.2. The van der Waals surface area contributed by atoms with Crippen LogP contribution in [0.1, 0.15) is 24.8 Å². The normalized spacial score (nSPS) is 13.8. The molecule has 0 unspecified atom stereocenters. The Morgan fingerprint density at radius 1 is 1.13 bits per heavy atom. The lowest BCUT2D eigenvalue weighted by molar-refractivity contribution is 0.391. The quantitative estimate of drug-likeness (QED) is 0.295. The van der Waals surface area contributed by atoms with Gasteiger partial charge < -0.3 is 4.52 Å². The molecule has 2 heterocycles. The molecule has 1 fully saturated rings. The number of hydrogen-bond acceptors (Lipinski definition) is 7. The van der Waals surface area contributed by atoms with E-state index in [1.54, 1.807) is 16.3 Å². The Morgan fingerprint density at radius 2 is 1.87 bits per heavy atom. The maximum absolute atomic E-state index is 13.7. The van der Waals surface area contributed by atoms with E-state index in [4.69, 9.17) is 4.52 Å². The summed E-state index contributed by atoms with van der Waals surface area (Å²) in [4.78, 5) is 22.9. The molecule has 5 rings (SSSR count). The second-order valence-electron chi connectivity index (χ2n) is 7.11. The fourth-order valence-corrected chi connectivity index (χ4v) is 4.54. The van der Waals surface area contributed by atoms with Gasteiger partial charge in [-0.1, -0.05) is 16.9 Å². The van der Waals surface area contributed by atoms with Crippen LogP contribution in [-0.4, -0.2) is 25.9 Å². The van der Waals surface area contributed by atoms with Crippen LogP contribution in [0.2, 0.25) is 0 Å². The van der Waals surface area contributed by atoms with Gasteiger partial charge in [-0.15, -0.1) is 11.8 Å². The highest BCUT2D eigenvalue weighted by atomic mass is 32.2. The first-order valence-corrected chi connectivity index (χ1v) is 11.8. The van der Waals surface area contributed by atoms with Gasteiger partial charge in [-0.2, -0.15) is 4.98 Å². The molecule has 0 atom stereocenters. The molecule has 10 heteroatoms. The largest absolute Gasteiger partial charge is 0.338 e. The lowest BCUT2D eigenvalue weighted by Crippen LogP contribution is -2.22. The highest BCUT2D eigenvalue weighted by Gasteiger charge is 2.29. The van der Waals surface area contributed by atoms with Gasteiger partial charge in [0.15, 0.2) is 16.8 Å². The van der Waals surface area contributed by atoms with Gasteiger partial charge in [-0.25, -0.2) is 13.8 Å². The molecule has 31 heavy (non-hydrogen) atoms. The van der Waals surface area contributed by atoms with E-state index in [9.17, 15) is 13.6 Å². The predicted molar refractivity (Wildman–Crippen MR) is 115 cm³/mol. The molecule has 0 amide bonds. The molecule has 0 saturated heterocycles. The van der Waals surface area contributed by atoms with Crippen molar-refractivity contribution in [3.63, 3.8) is 0 Å². The van der Waals surface area contributed by atoms with Crippen molar-refractivity contribution in [1.29, 1.82) is 0 Å². The maximum Gasteiger partial charge on any atom is 0.262 e. The summed E-state index contributed by atoms with van der Waals surface area (Å²) in [5.74, 6) is -0.932. The van der Waals surface area contributed by atoms with E-state index in [0.29, 0.717) is 22.6 Å². The van der Waals surface area contributed by atoms with Crippen LogP contribution in [0, 0.1) is 11.6 Å². The standard InChI is InChI=1S/C21H16F2N4O2S2/c1-30-13-6-2-11(3-7-13)19-25-18(29-26-19)10-31-21-24-17-9-16(23)15(22)8-14(17)20(28)27(21)12-4-5-12/h2-3,6-9,12H,4-5,10H2,1H3. The van der Waals surface area contributed by atoms with Crippen LogP contribution in [0.3, 0.4) is 0 Å². The van der Waals surface area contributed by atoms with E-state index in [0.717, 1.165) is 35.4 Å². The molecule has 0 N–H and O–H groups in total. The Morgan fingerprint density at radius 3 is 2.58 bits per heavy atom. The summed E-state index contributed by atoms with van der Waals surface area (Å²) in [5.41, 5.74) is 0.603. The van der Waals surface area contributed by atoms with Crippen molar-refractivity contribution < 1.29 is 13.3 Å². The van der Waals surface area contributed by atoms with Gasteiger partial charge in [-0.3, -0.25) is 9.36 Å². The summed E-state index contributed by atoms with van der Waals surface area (Å²) in [6.07, 6.45) is 3.70. The number of thioether (sulfide) groups is 2. The van der Waals surface area contributed by atoms with Crippen molar-refractivity contribution in [3.05, 3.63) is 64.3 Å². The molecule has 0 bridgehead atoms. The molecule has 0 aliphatic heterocycles. The molecular formula is C21H16F2N4O2S2. The van der Waals surface area contributed by atoms with Crippen molar-refractivity contribution in [3.8, 4) is 11.4 Å². The first-order valence-electron chi connectivity index (χ1n) is 9.54. The summed E-state index contributed by atoms with van der Waals surface area (Å²) in [6, 6.07) is 9.72. The van der Waals surface area contributed by atoms with E-state index >= 15 is 0 Å². The monoisotopic (exact) mass is 458 g/mol. The van der Waals surface area contributed by atoms with Crippen molar-refractivity contribution >= 4 is 34.4 Å². The third kappa shape index (κ3) is 3.97. The Hall–Kier alpha value is -2.72. The fraction of sp³-hybridized carbons (Fsp3) is 0.238. The lowest BCUT2D eigenvalue weighted by Gasteiger charge is -2.11. The first-order chi connectivity index (χ1) is 15.0. The summed E-state index contributed by atoms with van der Waals surface area (Å²) in [6.45, 7) is 0. The zero-order valence-electron chi connectivity index (χ0n) is 16.3. The Labute approximate surface area is 184 Å². The summed E-state index contributed by atoms with van der Waals surface area (Å²) >= 11 is 2.91. The number of rotatable bonds is 6. The molecule has 1 saturated carbocycles. The van der Waals surface area contributed by atoms with Gasteiger partial charge in [0.1, 0.15) is 0 Å². The van der Waals surface area contributed by atoms with Crippen molar-refractivity contribution in [2.45, 2.75) is 34.7 Å². The molecule has 4 aromatic rings. The molecule has 0 spiro atoms. The first kappa shape index (κ1) is 20.2. The summed E-state index contributed by atoms with van der Waals surface area (Å²) in [5, 5.41) is 4.53. The maximum atomic E-state index is 13.7. The number of hydrogen-bond donors (Lipinski definition) is 0. The minimum atomic E-state index is -1.06. The zero-order chi connectivity index (χ0) is 21.5. The van der Waals surface area contributed by atoms with Gasteiger partial charge in [0.05, 0.1) is 16.7 Å². The Bertz CT molecular complexity index is 1330. The molecule has 1 aliphatic rings. The van der Waals surface area contributed by atoms with Crippen LogP contribution in [-0.2, 0) is 5.75 Å². The average Bonchev–Trinajstić information content (AvgIpc) is 3.50. The number of fused-ring (bicyclic) bond motifs is 1. The van der Waals surface area contributed by atoms with E-state index in [-0.39, 0.29) is 22.5 Å². The topological polar surface area (TPSA) is 73.8 Å². The fourth-order valence-electron chi connectivity index (χ4n) is 3.23. The minimum absolute atomic E-state index is 0.0215. The van der Waals surface area contributed by atoms with Crippen LogP contribution < -0.4 is 5.56 Å². The molecule has 0 radical (unpaired) electrons. The highest BCUT2D eigenvalue weighted by Crippen LogP contribution is 2.37. The van der Waals surface area contributed by atoms with Gasteiger partial charge >= 0.3 is 0 Å². The SMILES string of the molecule is CSc1ccc(-c2noc(CSc3nc4cc(F)c(F)cc4c(=O)n3C3CC3)n2)cc1. The number of nitrogens with zero attached hydrogens (tertiary/aromatic N) is 4. The van der Waals surface area contributed by atoms with E-state index in [1.807, 2.05) is 30.5 Å². The van der Waals surface area contributed by atoms with Crippen molar-refractivity contribution in [1.82, 2.24) is 19.7 Å². The number of halogens is 2. The lowest BCUT2D eigenvalue weighted by atomic mass is 10.2. The van der Waals surface area contributed by atoms with Crippen LogP contribution in [0.5, 0.6) is 0 Å². The van der Waals surface area contributed by atoms with Gasteiger partial charge in [0.25, 0.3) is 5.56 Å². The second kappa shape index (κ2) is 8.08. The van der Waals surface area contributed by atoms with Crippen LogP contribution in [0.25, 0.3) is 22.3 Å². The van der Waals surface area contributed by atoms with Gasteiger partial charge in [-0.05, 0) is 49.4 Å². The second-order valence-corrected chi connectivity index (χ2v) is 8.94. The highest BCUT2D eigenvalue weighted by molar-refractivity contribution is 7.98. The van der Waals surface area contributed by atoms with E-state index < -0.39 is 11.6 Å². The predicted octanol–water partition coefficient (Wildman–Crippen LogP) is 5.07. The Balaban J connectivity index is 1.43. The van der Waals surface area contributed by atoms with E-state index in [1.165, 1.54) is 11.8 Å². The molecular weight excluding hydrogens is 442 g/mol. The van der Waals surface area contributed by atoms with Crippen LogP contribution in [0.4, 0.5) is 8.78 Å². The molecule has 158 valence electrons. The minimum Gasteiger partial charge on any atom is -0.338 e. The van der Waals surface area contributed by atoms with E-state index in [2.05, 4.69) is 15.1 Å². The third-order valence-electron chi connectivity index (χ3n) is 4.96. The molecule has 6 nitrogen and oxygen atoms in total. The van der Waals surface area contributed by atoms with Crippen LogP contribution in [0.15, 0.2) is 55.8 Å². The molecule has 2 aromatic carbocycles. The Kier molecular flexibility index (Phi) is 5.27. The molecule has 2 aromatic heterocycles. The van der Waals surface area contributed by atoms with Gasteiger partial charge in [0.2, 0.25) is 11.7 Å². The van der Waals surface area contributed by atoms with Gasteiger partial charge in [0, 0.05) is 22.6 Å². The average molecular weight is 459 g/mol. The van der Waals surface area contributed by atoms with Crippen molar-refractivity contribution in [2.75, 3.05) is 6.26 Å². The smallest absolute Gasteiger partial charge is 0.262 e. The van der Waals surface area contributed by atoms with Crippen LogP contribution >= 0.6 is 23.5 Å². The third-order valence-corrected chi connectivity index (χ3v) is 6.64. The number of aromatic nitrogens is 4. The zero-order valence-corrected chi connectivity index (χ0v) is 18.0. The molecule has 1 aliphatic carbocycles.